The van der Waals surface area contributed by atoms with E-state index in [0.717, 1.165) is 0 Å². The van der Waals surface area contributed by atoms with E-state index in [1.165, 1.54) is 22.9 Å². The van der Waals surface area contributed by atoms with Crippen molar-refractivity contribution >= 4 is 33.3 Å². The van der Waals surface area contributed by atoms with Crippen molar-refractivity contribution in [3.8, 4) is 0 Å². The molecule has 0 spiro atoms. The first-order valence-corrected chi connectivity index (χ1v) is 6.60. The van der Waals surface area contributed by atoms with Gasteiger partial charge in [-0.15, -0.1) is 0 Å². The number of hydrogen-bond donors (Lipinski definition) is 1. The number of nitro groups is 1. The minimum absolute atomic E-state index is 0.0301. The molecule has 0 aliphatic heterocycles. The second-order valence-corrected chi connectivity index (χ2v) is 5.15. The summed E-state index contributed by atoms with van der Waals surface area (Å²) in [6, 6.07) is 5.48. The Morgan fingerprint density at radius 1 is 1.52 bits per heavy atom. The van der Waals surface area contributed by atoms with Gasteiger partial charge in [0.2, 0.25) is 5.91 Å². The van der Waals surface area contributed by atoms with Gasteiger partial charge in [-0.3, -0.25) is 4.79 Å². The highest BCUT2D eigenvalue weighted by atomic mass is 79.9. The smallest absolute Gasteiger partial charge is 0.358 e. The fraction of sp³-hybridized carbons (Fsp3) is 0.167. The summed E-state index contributed by atoms with van der Waals surface area (Å²) in [4.78, 5) is 21.8. The predicted molar refractivity (Wildman–Crippen MR) is 76.3 cm³/mol. The van der Waals surface area contributed by atoms with E-state index in [9.17, 15) is 19.3 Å². The van der Waals surface area contributed by atoms with Crippen molar-refractivity contribution in [1.29, 1.82) is 0 Å². The Kier molecular flexibility index (Phi) is 4.32. The van der Waals surface area contributed by atoms with Crippen LogP contribution in [0.2, 0.25) is 0 Å². The van der Waals surface area contributed by atoms with Gasteiger partial charge in [0.15, 0.2) is 0 Å². The van der Waals surface area contributed by atoms with Gasteiger partial charge in [-0.05, 0) is 30.0 Å². The standard InChI is InChI=1S/C12H10BrFN4O3/c1-7-4-11(18(20)21)16-17(7)6-12(19)15-10-3-2-8(13)5-9(10)14/h2-5H,6H2,1H3,(H,15,19). The summed E-state index contributed by atoms with van der Waals surface area (Å²) in [7, 11) is 0. The molecular formula is C12H10BrFN4O3. The summed E-state index contributed by atoms with van der Waals surface area (Å²) < 4.78 is 15.3. The number of nitrogens with zero attached hydrogens (tertiary/aromatic N) is 3. The lowest BCUT2D eigenvalue weighted by Gasteiger charge is -2.06. The van der Waals surface area contributed by atoms with Crippen LogP contribution in [0.3, 0.4) is 0 Å². The number of amides is 1. The van der Waals surface area contributed by atoms with Crippen molar-refractivity contribution in [2.24, 2.45) is 0 Å². The minimum atomic E-state index is -0.643. The molecule has 0 aliphatic carbocycles. The summed E-state index contributed by atoms with van der Waals surface area (Å²) in [6.07, 6.45) is 0. The van der Waals surface area contributed by atoms with Gasteiger partial charge in [0.05, 0.1) is 22.5 Å². The second-order valence-electron chi connectivity index (χ2n) is 4.23. The molecule has 1 aromatic heterocycles. The molecule has 2 rings (SSSR count). The van der Waals surface area contributed by atoms with Crippen LogP contribution in [-0.2, 0) is 11.3 Å². The largest absolute Gasteiger partial charge is 0.390 e. The van der Waals surface area contributed by atoms with Crippen LogP contribution < -0.4 is 5.32 Å². The fourth-order valence-electron chi connectivity index (χ4n) is 1.66. The summed E-state index contributed by atoms with van der Waals surface area (Å²) in [5.41, 5.74) is 0.496. The molecule has 2 aromatic rings. The molecule has 0 radical (unpaired) electrons. The minimum Gasteiger partial charge on any atom is -0.358 e. The monoisotopic (exact) mass is 356 g/mol. The maximum atomic E-state index is 13.6. The van der Waals surface area contributed by atoms with Crippen LogP contribution in [0.1, 0.15) is 5.69 Å². The topological polar surface area (TPSA) is 90.1 Å². The van der Waals surface area contributed by atoms with E-state index in [-0.39, 0.29) is 18.1 Å². The number of halogens is 2. The molecule has 1 amide bonds. The Morgan fingerprint density at radius 3 is 2.81 bits per heavy atom. The highest BCUT2D eigenvalue weighted by Crippen LogP contribution is 2.19. The number of benzene rings is 1. The highest BCUT2D eigenvalue weighted by molar-refractivity contribution is 9.10. The van der Waals surface area contributed by atoms with Crippen molar-refractivity contribution in [1.82, 2.24) is 9.78 Å². The predicted octanol–water partition coefficient (Wildman–Crippen LogP) is 2.64. The summed E-state index contributed by atoms with van der Waals surface area (Å²) in [6.45, 7) is 1.35. The Balaban J connectivity index is 2.10. The van der Waals surface area contributed by atoms with Gasteiger partial charge in [0, 0.05) is 4.47 Å². The van der Waals surface area contributed by atoms with Crippen LogP contribution in [0.15, 0.2) is 28.7 Å². The lowest BCUT2D eigenvalue weighted by atomic mass is 10.3. The molecule has 7 nitrogen and oxygen atoms in total. The van der Waals surface area contributed by atoms with Crippen LogP contribution in [0.5, 0.6) is 0 Å². The Labute approximate surface area is 127 Å². The van der Waals surface area contributed by atoms with Crippen LogP contribution in [0.4, 0.5) is 15.9 Å². The number of hydrogen-bond acceptors (Lipinski definition) is 4. The highest BCUT2D eigenvalue weighted by Gasteiger charge is 2.18. The van der Waals surface area contributed by atoms with Crippen molar-refractivity contribution in [2.75, 3.05) is 5.32 Å². The maximum absolute atomic E-state index is 13.6. The first kappa shape index (κ1) is 15.1. The molecule has 0 atom stereocenters. The molecule has 0 saturated heterocycles. The number of anilines is 1. The first-order chi connectivity index (χ1) is 9.86. The Bertz CT molecular complexity index is 717. The zero-order chi connectivity index (χ0) is 15.6. The van der Waals surface area contributed by atoms with E-state index >= 15 is 0 Å². The molecule has 21 heavy (non-hydrogen) atoms. The summed E-state index contributed by atoms with van der Waals surface area (Å²) in [5, 5.41) is 16.7. The molecule has 1 heterocycles. The van der Waals surface area contributed by atoms with Gasteiger partial charge < -0.3 is 15.4 Å². The van der Waals surface area contributed by atoms with E-state index in [2.05, 4.69) is 26.3 Å². The number of carbonyl (C=O) groups is 1. The fourth-order valence-corrected chi connectivity index (χ4v) is 1.99. The lowest BCUT2D eigenvalue weighted by Crippen LogP contribution is -2.20. The molecule has 0 bridgehead atoms. The van der Waals surface area contributed by atoms with E-state index in [0.29, 0.717) is 10.2 Å². The third kappa shape index (κ3) is 3.63. The molecular weight excluding hydrogens is 347 g/mol. The zero-order valence-corrected chi connectivity index (χ0v) is 12.4. The average Bonchev–Trinajstić information content (AvgIpc) is 2.75. The first-order valence-electron chi connectivity index (χ1n) is 5.80. The van der Waals surface area contributed by atoms with Crippen LogP contribution >= 0.6 is 15.9 Å². The summed E-state index contributed by atoms with van der Waals surface area (Å²) in [5.74, 6) is -1.45. The van der Waals surface area contributed by atoms with E-state index < -0.39 is 16.6 Å². The van der Waals surface area contributed by atoms with Crippen molar-refractivity contribution in [3.63, 3.8) is 0 Å². The number of carbonyl (C=O) groups excluding carboxylic acids is 1. The number of aromatic nitrogens is 2. The quantitative estimate of drug-likeness (QED) is 0.673. The molecule has 0 aliphatic rings. The van der Waals surface area contributed by atoms with E-state index in [4.69, 9.17) is 0 Å². The van der Waals surface area contributed by atoms with Gasteiger partial charge in [-0.2, -0.15) is 4.68 Å². The van der Waals surface area contributed by atoms with Crippen LogP contribution in [0, 0.1) is 22.9 Å². The zero-order valence-electron chi connectivity index (χ0n) is 10.8. The van der Waals surface area contributed by atoms with Crippen molar-refractivity contribution in [3.05, 3.63) is 50.4 Å². The lowest BCUT2D eigenvalue weighted by molar-refractivity contribution is -0.389. The van der Waals surface area contributed by atoms with Gasteiger partial charge in [-0.25, -0.2) is 4.39 Å². The molecule has 1 aromatic carbocycles. The maximum Gasteiger partial charge on any atom is 0.390 e. The molecule has 0 saturated carbocycles. The van der Waals surface area contributed by atoms with Gasteiger partial charge >= 0.3 is 5.82 Å². The number of aryl methyl sites for hydroxylation is 1. The Morgan fingerprint density at radius 2 is 2.24 bits per heavy atom. The van der Waals surface area contributed by atoms with Crippen LogP contribution in [0.25, 0.3) is 0 Å². The van der Waals surface area contributed by atoms with E-state index in [1.54, 1.807) is 13.0 Å². The third-order valence-electron chi connectivity index (χ3n) is 2.65. The van der Waals surface area contributed by atoms with Gasteiger partial charge in [0.1, 0.15) is 12.4 Å². The normalized spacial score (nSPS) is 10.4. The molecule has 110 valence electrons. The summed E-state index contributed by atoms with van der Waals surface area (Å²) >= 11 is 3.11. The molecule has 1 N–H and O–H groups in total. The van der Waals surface area contributed by atoms with Crippen molar-refractivity contribution in [2.45, 2.75) is 13.5 Å². The molecule has 0 fully saturated rings. The Hall–Kier alpha value is -2.29. The SMILES string of the molecule is Cc1cc([N+](=O)[O-])nn1CC(=O)Nc1ccc(Br)cc1F. The van der Waals surface area contributed by atoms with Crippen LogP contribution in [-0.4, -0.2) is 20.6 Å². The van der Waals surface area contributed by atoms with Crippen molar-refractivity contribution < 1.29 is 14.1 Å². The molecule has 9 heteroatoms. The number of rotatable bonds is 4. The second kappa shape index (κ2) is 6.00. The number of nitrogens with one attached hydrogen (secondary N) is 1. The molecule has 0 unspecified atom stereocenters. The third-order valence-corrected chi connectivity index (χ3v) is 3.15. The van der Waals surface area contributed by atoms with Gasteiger partial charge in [0.25, 0.3) is 0 Å². The van der Waals surface area contributed by atoms with E-state index in [1.807, 2.05) is 0 Å². The average molecular weight is 357 g/mol. The van der Waals surface area contributed by atoms with Gasteiger partial charge in [-0.1, -0.05) is 15.9 Å².